The number of nitrogens with one attached hydrogen (secondary N) is 1. The van der Waals surface area contributed by atoms with Gasteiger partial charge < -0.3 is 5.32 Å². The van der Waals surface area contributed by atoms with Crippen molar-refractivity contribution >= 4 is 40.9 Å². The Morgan fingerprint density at radius 1 is 0.576 bits per heavy atom. The summed E-state index contributed by atoms with van der Waals surface area (Å²) in [6.45, 7) is 2.94. The summed E-state index contributed by atoms with van der Waals surface area (Å²) in [7, 11) is 0. The summed E-state index contributed by atoms with van der Waals surface area (Å²) in [5, 5.41) is 12.4. The van der Waals surface area contributed by atoms with Crippen LogP contribution in [0, 0.1) is 0 Å². The largest absolute Gasteiger partial charge is 0.366 e. The van der Waals surface area contributed by atoms with Crippen molar-refractivity contribution in [3.8, 4) is 33.4 Å². The number of fused-ring (bicyclic) bond motifs is 3. The van der Waals surface area contributed by atoms with E-state index in [1.807, 2.05) is 12.4 Å². The van der Waals surface area contributed by atoms with Crippen molar-refractivity contribution < 1.29 is 0 Å². The van der Waals surface area contributed by atoms with Gasteiger partial charge in [-0.05, 0) is 198 Å². The molecular weight excluding hydrogens is 761 g/mol. The summed E-state index contributed by atoms with van der Waals surface area (Å²) in [6.07, 6.45) is 24.8. The molecule has 3 aromatic heterocycles. The predicted molar refractivity (Wildman–Crippen MR) is 248 cm³/mol. The molecule has 3 unspecified atom stereocenters. The van der Waals surface area contributed by atoms with Crippen LogP contribution in [0.5, 0.6) is 0 Å². The maximum Gasteiger partial charge on any atom is 0.115 e. The van der Waals surface area contributed by atoms with Crippen LogP contribution in [0.15, 0.2) is 122 Å². The molecule has 3 aliphatic heterocycles. The van der Waals surface area contributed by atoms with Crippen LogP contribution < -0.4 is 5.32 Å². The number of aryl methyl sites for hydroxylation is 3. The highest BCUT2D eigenvalue weighted by atomic mass is 32.1. The van der Waals surface area contributed by atoms with Crippen LogP contribution in [-0.2, 0) is 38.5 Å². The minimum Gasteiger partial charge on any atom is -0.366 e. The molecule has 3 spiro atoms. The van der Waals surface area contributed by atoms with Crippen LogP contribution in [0.4, 0.5) is 0 Å². The highest BCUT2D eigenvalue weighted by Gasteiger charge is 2.39. The Labute approximate surface area is 356 Å². The summed E-state index contributed by atoms with van der Waals surface area (Å²) >= 11 is 3.55. The lowest BCUT2D eigenvalue weighted by Gasteiger charge is -2.36. The van der Waals surface area contributed by atoms with Gasteiger partial charge in [-0.25, -0.2) is 9.97 Å². The van der Waals surface area contributed by atoms with Crippen molar-refractivity contribution in [2.45, 2.75) is 107 Å². The van der Waals surface area contributed by atoms with E-state index in [-0.39, 0.29) is 16.6 Å². The Balaban J connectivity index is 0.000000107. The lowest BCUT2D eigenvalue weighted by molar-refractivity contribution is 0.362. The van der Waals surface area contributed by atoms with Gasteiger partial charge in [0, 0.05) is 18.0 Å². The normalized spacial score (nSPS) is 24.4. The first-order valence-electron chi connectivity index (χ1n) is 21.5. The van der Waals surface area contributed by atoms with Crippen molar-refractivity contribution in [3.05, 3.63) is 140 Å². The molecule has 6 aliphatic rings. The molecule has 0 saturated carbocycles. The zero-order chi connectivity index (χ0) is 39.7. The minimum absolute atomic E-state index is 0.114. The van der Waals surface area contributed by atoms with Gasteiger partial charge in [0.2, 0.25) is 0 Å². The summed E-state index contributed by atoms with van der Waals surface area (Å²) in [5.41, 5.74) is 17.5. The van der Waals surface area contributed by atoms with E-state index in [9.17, 15) is 0 Å². The number of rotatable bonds is 3. The van der Waals surface area contributed by atoms with Gasteiger partial charge in [-0.2, -0.15) is 22.7 Å². The fourth-order valence-corrected chi connectivity index (χ4v) is 11.8. The van der Waals surface area contributed by atoms with Crippen molar-refractivity contribution in [1.29, 1.82) is 0 Å². The number of aliphatic imine (C=N–C) groups is 3. The molecule has 8 heteroatoms. The lowest BCUT2D eigenvalue weighted by atomic mass is 9.75. The van der Waals surface area contributed by atoms with Crippen molar-refractivity contribution in [2.24, 2.45) is 15.0 Å². The van der Waals surface area contributed by atoms with Gasteiger partial charge in [0.25, 0.3) is 0 Å². The van der Waals surface area contributed by atoms with Gasteiger partial charge in [-0.15, -0.1) is 0 Å². The minimum atomic E-state index is 0.114. The van der Waals surface area contributed by atoms with Crippen LogP contribution in [0.2, 0.25) is 0 Å². The van der Waals surface area contributed by atoms with Crippen molar-refractivity contribution in [2.75, 3.05) is 6.54 Å². The molecule has 298 valence electrons. The van der Waals surface area contributed by atoms with E-state index >= 15 is 0 Å². The monoisotopic (exact) mass is 812 g/mol. The first-order chi connectivity index (χ1) is 29.0. The average molecular weight is 813 g/mol. The molecule has 0 fully saturated rings. The van der Waals surface area contributed by atoms with E-state index in [1.165, 1.54) is 101 Å². The van der Waals surface area contributed by atoms with Crippen LogP contribution in [0.25, 0.3) is 33.4 Å². The molecule has 1 N–H and O–H groups in total. The summed E-state index contributed by atoms with van der Waals surface area (Å²) in [5.74, 6) is 1.07. The Kier molecular flexibility index (Phi) is 10.5. The quantitative estimate of drug-likeness (QED) is 0.193. The number of hydrogen-bond donors (Lipinski definition) is 1. The van der Waals surface area contributed by atoms with Crippen molar-refractivity contribution in [1.82, 2.24) is 15.3 Å². The van der Waals surface area contributed by atoms with Gasteiger partial charge in [-0.3, -0.25) is 15.0 Å². The van der Waals surface area contributed by atoms with E-state index in [0.717, 1.165) is 56.5 Å². The fourth-order valence-electron chi connectivity index (χ4n) is 10.5. The number of nitrogens with zero attached hydrogens (tertiary/aromatic N) is 5. The van der Waals surface area contributed by atoms with E-state index in [1.54, 1.807) is 34.6 Å². The Hall–Kier alpha value is -5.05. The highest BCUT2D eigenvalue weighted by molar-refractivity contribution is 7.08. The number of aromatic nitrogens is 2. The zero-order valence-electron chi connectivity index (χ0n) is 34.0. The standard InChI is InChI=1S/C17H18N4.2C17H17NS/c1-12-20-10-17(21-12)6-5-13-3-2-4-15(16(13)7-17)14-8-18-11-19-9-14;1-6-17(18-8-1)7-4-13-2-3-14(10-16(13)11-17)15-5-9-19-12-15;1-3-13-5-8-17(7-2-9-18-17)11-16(13)15(4-1)14-6-10-19-12-14/h2-4,8-9,11H,5-7,10H2,1H3,(H,20,21);2-3,5,8-10,12H,1,4,6-7,11H2;1,3-4,6,9-10,12H,2,5,7-8,11H2. The number of amidine groups is 1. The van der Waals surface area contributed by atoms with Crippen LogP contribution in [0.3, 0.4) is 0 Å². The van der Waals surface area contributed by atoms with E-state index < -0.39 is 0 Å². The highest BCUT2D eigenvalue weighted by Crippen LogP contribution is 2.42. The van der Waals surface area contributed by atoms with Gasteiger partial charge in [-0.1, -0.05) is 54.6 Å². The number of thiophene rings is 2. The fraction of sp³-hybridized carbons (Fsp3) is 0.353. The molecule has 59 heavy (non-hydrogen) atoms. The van der Waals surface area contributed by atoms with Crippen LogP contribution >= 0.6 is 22.7 Å². The Morgan fingerprint density at radius 3 is 1.86 bits per heavy atom. The first-order valence-corrected chi connectivity index (χ1v) is 23.4. The lowest BCUT2D eigenvalue weighted by Crippen LogP contribution is -2.49. The summed E-state index contributed by atoms with van der Waals surface area (Å²) in [4.78, 5) is 22.5. The van der Waals surface area contributed by atoms with E-state index in [0.29, 0.717) is 0 Å². The second-order valence-electron chi connectivity index (χ2n) is 17.5. The van der Waals surface area contributed by atoms with Crippen molar-refractivity contribution in [3.63, 3.8) is 0 Å². The molecular formula is C51H52N6S2. The number of hydrogen-bond acceptors (Lipinski definition) is 8. The van der Waals surface area contributed by atoms with Gasteiger partial charge in [0.1, 0.15) is 6.33 Å². The molecule has 3 aromatic carbocycles. The SMILES string of the molecule is C1=NC2(CC1)CCc1ccc(-c3ccsc3)cc1C2.C1=NC2(CC1)CCc1cccc(-c3ccsc3)c1C2.CC1=NCC2(CCc3cccc(-c4cncnc4)c3C2)N1. The van der Waals surface area contributed by atoms with Gasteiger partial charge >= 0.3 is 0 Å². The van der Waals surface area contributed by atoms with Crippen LogP contribution in [-0.4, -0.2) is 51.4 Å². The molecule has 0 saturated heterocycles. The van der Waals surface area contributed by atoms with Gasteiger partial charge in [0.15, 0.2) is 0 Å². The Bertz CT molecular complexity index is 2520. The third kappa shape index (κ3) is 7.89. The summed E-state index contributed by atoms with van der Waals surface area (Å²) < 4.78 is 0. The molecule has 6 aromatic rings. The van der Waals surface area contributed by atoms with Crippen LogP contribution in [0.1, 0.15) is 85.3 Å². The third-order valence-electron chi connectivity index (χ3n) is 13.7. The first kappa shape index (κ1) is 38.2. The topological polar surface area (TPSA) is 74.9 Å². The molecule has 6 heterocycles. The molecule has 12 rings (SSSR count). The second kappa shape index (κ2) is 16.2. The summed E-state index contributed by atoms with van der Waals surface area (Å²) in [6, 6.07) is 24.8. The zero-order valence-corrected chi connectivity index (χ0v) is 35.6. The maximum atomic E-state index is 4.83. The Morgan fingerprint density at radius 2 is 1.22 bits per heavy atom. The molecule has 3 aliphatic carbocycles. The second-order valence-corrected chi connectivity index (χ2v) is 19.1. The molecule has 3 atom stereocenters. The molecule has 0 radical (unpaired) electrons. The van der Waals surface area contributed by atoms with E-state index in [2.05, 4.69) is 128 Å². The average Bonchev–Trinajstić information content (AvgIpc) is 4.15. The molecule has 0 bridgehead atoms. The number of benzene rings is 3. The third-order valence-corrected chi connectivity index (χ3v) is 15.1. The smallest absolute Gasteiger partial charge is 0.115 e. The maximum absolute atomic E-state index is 4.83. The van der Waals surface area contributed by atoms with E-state index in [4.69, 9.17) is 9.98 Å². The van der Waals surface area contributed by atoms with Gasteiger partial charge in [0.05, 0.1) is 29.0 Å². The predicted octanol–water partition coefficient (Wildman–Crippen LogP) is 11.4. The molecule has 6 nitrogen and oxygen atoms in total. The molecule has 0 amide bonds.